The number of carboxylic acid groups (broad SMARTS) is 1. The molecule has 2 N–H and O–H groups in total. The third-order valence-corrected chi connectivity index (χ3v) is 8.74. The third-order valence-electron chi connectivity index (χ3n) is 7.37. The highest BCUT2D eigenvalue weighted by Crippen LogP contribution is 2.48. The lowest BCUT2D eigenvalue weighted by Crippen LogP contribution is -2.32. The molecule has 0 fully saturated rings. The van der Waals surface area contributed by atoms with Gasteiger partial charge in [0.25, 0.3) is 0 Å². The summed E-state index contributed by atoms with van der Waals surface area (Å²) in [7, 11) is 0. The fourth-order valence-electron chi connectivity index (χ4n) is 5.20. The Morgan fingerprint density at radius 1 is 0.818 bits per heavy atom. The summed E-state index contributed by atoms with van der Waals surface area (Å²) in [5.74, 6) is -0.483. The first kappa shape index (κ1) is 29.4. The number of aliphatic carboxylic acids is 1. The van der Waals surface area contributed by atoms with Crippen LogP contribution in [-0.4, -0.2) is 36.1 Å². The minimum Gasteiger partial charge on any atom is -0.492 e. The summed E-state index contributed by atoms with van der Waals surface area (Å²) in [5, 5.41) is 13.8. The molecule has 8 heteroatoms. The van der Waals surface area contributed by atoms with Crippen LogP contribution in [-0.2, 0) is 11.2 Å². The molecule has 0 radical (unpaired) electrons. The number of para-hydroxylation sites is 2. The number of nitrogens with one attached hydrogen (secondary N) is 1. The van der Waals surface area contributed by atoms with Gasteiger partial charge in [-0.25, -0.2) is 4.79 Å². The predicted octanol–water partition coefficient (Wildman–Crippen LogP) is 8.36. The fourth-order valence-corrected chi connectivity index (χ4v) is 6.44. The molecule has 1 aliphatic heterocycles. The molecule has 0 bridgehead atoms. The molecule has 220 valence electrons. The van der Waals surface area contributed by atoms with E-state index in [2.05, 4.69) is 22.3 Å². The standard InChI is InChI=1S/C36H29ClN2O4S/c37-26-16-19-34-32(23-26)39(31-12-6-7-13-33(31)44-34)20-21-43-27-17-14-24(15-18-27)22-30(36(41)42)38-29-11-5-4-10-28(29)35(40)25-8-2-1-3-9-25/h1-19,23,30,38H,20-22H2,(H,41,42). The van der Waals surface area contributed by atoms with E-state index in [1.54, 1.807) is 60.3 Å². The van der Waals surface area contributed by atoms with Gasteiger partial charge in [-0.05, 0) is 60.2 Å². The van der Waals surface area contributed by atoms with E-state index < -0.39 is 12.0 Å². The third kappa shape index (κ3) is 6.59. The number of anilines is 3. The van der Waals surface area contributed by atoms with Crippen LogP contribution in [0.5, 0.6) is 5.75 Å². The van der Waals surface area contributed by atoms with Crippen molar-refractivity contribution in [3.8, 4) is 5.75 Å². The molecule has 1 unspecified atom stereocenters. The molecular weight excluding hydrogens is 592 g/mol. The summed E-state index contributed by atoms with van der Waals surface area (Å²) in [6, 6.07) is 36.7. The highest BCUT2D eigenvalue weighted by atomic mass is 35.5. The molecule has 44 heavy (non-hydrogen) atoms. The molecule has 5 aromatic rings. The van der Waals surface area contributed by atoms with Gasteiger partial charge < -0.3 is 20.1 Å². The summed E-state index contributed by atoms with van der Waals surface area (Å²) < 4.78 is 6.11. The van der Waals surface area contributed by atoms with Crippen molar-refractivity contribution in [1.82, 2.24) is 0 Å². The van der Waals surface area contributed by atoms with E-state index in [0.717, 1.165) is 21.8 Å². The van der Waals surface area contributed by atoms with E-state index in [1.165, 1.54) is 4.90 Å². The van der Waals surface area contributed by atoms with Crippen LogP contribution in [0.3, 0.4) is 0 Å². The van der Waals surface area contributed by atoms with E-state index in [1.807, 2.05) is 60.7 Å². The first-order valence-electron chi connectivity index (χ1n) is 14.2. The van der Waals surface area contributed by atoms with E-state index in [9.17, 15) is 14.7 Å². The maximum atomic E-state index is 13.1. The monoisotopic (exact) mass is 620 g/mol. The molecule has 0 spiro atoms. The van der Waals surface area contributed by atoms with Crippen LogP contribution in [0.4, 0.5) is 17.1 Å². The highest BCUT2D eigenvalue weighted by molar-refractivity contribution is 7.99. The van der Waals surface area contributed by atoms with Gasteiger partial charge in [-0.15, -0.1) is 0 Å². The van der Waals surface area contributed by atoms with Crippen LogP contribution in [0.15, 0.2) is 131 Å². The second kappa shape index (κ2) is 13.3. The number of fused-ring (bicyclic) bond motifs is 2. The van der Waals surface area contributed by atoms with Crippen molar-refractivity contribution in [2.75, 3.05) is 23.4 Å². The average molecular weight is 621 g/mol. The normalized spacial score (nSPS) is 12.5. The number of halogens is 1. The van der Waals surface area contributed by atoms with Gasteiger partial charge in [0.05, 0.1) is 17.9 Å². The van der Waals surface area contributed by atoms with Crippen molar-refractivity contribution in [1.29, 1.82) is 0 Å². The lowest BCUT2D eigenvalue weighted by Gasteiger charge is -2.32. The van der Waals surface area contributed by atoms with E-state index >= 15 is 0 Å². The van der Waals surface area contributed by atoms with Gasteiger partial charge in [-0.3, -0.25) is 4.79 Å². The largest absolute Gasteiger partial charge is 0.492 e. The molecule has 1 aliphatic rings. The zero-order valence-electron chi connectivity index (χ0n) is 23.7. The number of ether oxygens (including phenoxy) is 1. The van der Waals surface area contributed by atoms with Crippen LogP contribution in [0, 0.1) is 0 Å². The Bertz CT molecular complexity index is 1800. The topological polar surface area (TPSA) is 78.9 Å². The zero-order valence-corrected chi connectivity index (χ0v) is 25.2. The number of carbonyl (C=O) groups excluding carboxylic acids is 1. The lowest BCUT2D eigenvalue weighted by atomic mass is 10.00. The molecule has 0 aliphatic carbocycles. The van der Waals surface area contributed by atoms with Crippen LogP contribution < -0.4 is 15.0 Å². The van der Waals surface area contributed by atoms with Crippen LogP contribution in [0.25, 0.3) is 0 Å². The number of carboxylic acids is 1. The van der Waals surface area contributed by atoms with Gasteiger partial charge in [-0.1, -0.05) is 90.1 Å². The van der Waals surface area contributed by atoms with E-state index in [-0.39, 0.29) is 12.2 Å². The van der Waals surface area contributed by atoms with Gasteiger partial charge in [0.2, 0.25) is 0 Å². The van der Waals surface area contributed by atoms with Crippen LogP contribution in [0.1, 0.15) is 21.5 Å². The first-order chi connectivity index (χ1) is 21.5. The summed E-state index contributed by atoms with van der Waals surface area (Å²) in [5.41, 5.74) is 4.45. The molecule has 1 heterocycles. The molecule has 6 rings (SSSR count). The second-order valence-electron chi connectivity index (χ2n) is 10.3. The van der Waals surface area contributed by atoms with E-state index in [4.69, 9.17) is 16.3 Å². The number of ketones is 1. The fraction of sp³-hybridized carbons (Fsp3) is 0.111. The zero-order chi connectivity index (χ0) is 30.5. The molecule has 6 nitrogen and oxygen atoms in total. The molecule has 0 saturated carbocycles. The van der Waals surface area contributed by atoms with Crippen molar-refractivity contribution < 1.29 is 19.4 Å². The smallest absolute Gasteiger partial charge is 0.326 e. The van der Waals surface area contributed by atoms with Crippen molar-refractivity contribution in [2.24, 2.45) is 0 Å². The van der Waals surface area contributed by atoms with Crippen molar-refractivity contribution in [3.63, 3.8) is 0 Å². The summed E-state index contributed by atoms with van der Waals surface area (Å²) in [4.78, 5) is 29.9. The number of nitrogens with zero attached hydrogens (tertiary/aromatic N) is 1. The summed E-state index contributed by atoms with van der Waals surface area (Å²) >= 11 is 8.07. The van der Waals surface area contributed by atoms with Crippen LogP contribution >= 0.6 is 23.4 Å². The number of benzene rings is 5. The molecule has 0 amide bonds. The predicted molar refractivity (Wildman–Crippen MR) is 176 cm³/mol. The second-order valence-corrected chi connectivity index (χ2v) is 11.8. The highest BCUT2D eigenvalue weighted by Gasteiger charge is 2.24. The van der Waals surface area contributed by atoms with Gasteiger partial charge in [0.1, 0.15) is 18.4 Å². The van der Waals surface area contributed by atoms with Crippen molar-refractivity contribution in [2.45, 2.75) is 22.3 Å². The molecule has 0 saturated heterocycles. The first-order valence-corrected chi connectivity index (χ1v) is 15.4. The summed E-state index contributed by atoms with van der Waals surface area (Å²) in [6.07, 6.45) is 0.225. The average Bonchev–Trinajstić information content (AvgIpc) is 3.05. The van der Waals surface area contributed by atoms with E-state index in [0.29, 0.717) is 40.7 Å². The number of hydrogen-bond donors (Lipinski definition) is 2. The maximum absolute atomic E-state index is 13.1. The van der Waals surface area contributed by atoms with Gasteiger partial charge in [-0.2, -0.15) is 0 Å². The van der Waals surface area contributed by atoms with Crippen molar-refractivity contribution in [3.05, 3.63) is 143 Å². The van der Waals surface area contributed by atoms with Crippen molar-refractivity contribution >= 4 is 52.2 Å². The van der Waals surface area contributed by atoms with Gasteiger partial charge in [0, 0.05) is 38.0 Å². The van der Waals surface area contributed by atoms with Crippen LogP contribution in [0.2, 0.25) is 5.02 Å². The Kier molecular flexibility index (Phi) is 8.86. The minimum absolute atomic E-state index is 0.169. The SMILES string of the molecule is O=C(c1ccccc1)c1ccccc1NC(Cc1ccc(OCCN2c3ccccc3Sc3ccc(Cl)cc32)cc1)C(=O)O. The quantitative estimate of drug-likeness (QED) is 0.144. The molecule has 0 aromatic heterocycles. The molecular formula is C36H29ClN2O4S. The lowest BCUT2D eigenvalue weighted by molar-refractivity contribution is -0.137. The Balaban J connectivity index is 1.10. The Morgan fingerprint density at radius 3 is 2.32 bits per heavy atom. The van der Waals surface area contributed by atoms with Gasteiger partial charge >= 0.3 is 5.97 Å². The molecule has 5 aromatic carbocycles. The summed E-state index contributed by atoms with van der Waals surface area (Å²) in [6.45, 7) is 1.06. The minimum atomic E-state index is -1.01. The Hall–Kier alpha value is -4.72. The van der Waals surface area contributed by atoms with Gasteiger partial charge in [0.15, 0.2) is 5.78 Å². The Morgan fingerprint density at radius 2 is 1.52 bits per heavy atom. The Labute approximate surface area is 265 Å². The molecule has 1 atom stereocenters. The number of hydrogen-bond acceptors (Lipinski definition) is 6. The number of rotatable bonds is 11. The maximum Gasteiger partial charge on any atom is 0.326 e. The number of carbonyl (C=O) groups is 2.